The number of thiophene rings is 1. The smallest absolute Gasteiger partial charge is 0.0931 e. The summed E-state index contributed by atoms with van der Waals surface area (Å²) >= 11 is 7.58. The molecule has 2 heterocycles. The lowest BCUT2D eigenvalue weighted by molar-refractivity contribution is 0.576. The third kappa shape index (κ3) is 3.06. The normalized spacial score (nSPS) is 12.6. The molecular weight excluding hydrogens is 252 g/mol. The lowest BCUT2D eigenvalue weighted by Gasteiger charge is -2.16. The highest BCUT2D eigenvalue weighted by Crippen LogP contribution is 2.26. The molecule has 0 saturated heterocycles. The second-order valence-electron chi connectivity index (χ2n) is 3.96. The van der Waals surface area contributed by atoms with E-state index in [1.54, 1.807) is 11.3 Å². The number of nitrogens with zero attached hydrogens (tertiary/aromatic N) is 1. The first kappa shape index (κ1) is 12.6. The molecule has 17 heavy (non-hydrogen) atoms. The summed E-state index contributed by atoms with van der Waals surface area (Å²) in [4.78, 5) is 5.74. The number of hydrogen-bond donors (Lipinski definition) is 1. The molecule has 1 atom stereocenters. The quantitative estimate of drug-likeness (QED) is 0.915. The van der Waals surface area contributed by atoms with E-state index < -0.39 is 0 Å². The van der Waals surface area contributed by atoms with Gasteiger partial charge in [0.25, 0.3) is 0 Å². The average molecular weight is 267 g/mol. The van der Waals surface area contributed by atoms with Gasteiger partial charge in [0.05, 0.1) is 16.1 Å². The van der Waals surface area contributed by atoms with Gasteiger partial charge in [-0.25, -0.2) is 0 Å². The van der Waals surface area contributed by atoms with Crippen LogP contribution in [-0.2, 0) is 6.42 Å². The van der Waals surface area contributed by atoms with Crippen LogP contribution in [0.15, 0.2) is 30.5 Å². The molecular formula is C13H15ClN2S. The van der Waals surface area contributed by atoms with Crippen LogP contribution in [0.3, 0.4) is 0 Å². The van der Waals surface area contributed by atoms with Gasteiger partial charge in [0, 0.05) is 17.5 Å². The van der Waals surface area contributed by atoms with Gasteiger partial charge in [0.2, 0.25) is 0 Å². The van der Waals surface area contributed by atoms with Crippen molar-refractivity contribution in [2.75, 3.05) is 7.05 Å². The first-order valence-corrected chi connectivity index (χ1v) is 6.73. The second kappa shape index (κ2) is 5.63. The number of hydrogen-bond acceptors (Lipinski definition) is 3. The van der Waals surface area contributed by atoms with Crippen molar-refractivity contribution in [3.8, 4) is 0 Å². The summed E-state index contributed by atoms with van der Waals surface area (Å²) in [5.74, 6) is 0. The standard InChI is InChI=1S/C13H15ClN2S/c1-9-4-3-7-16-13(9)11(15-2)8-10-5-6-12(14)17-10/h3-7,11,15H,8H2,1-2H3. The highest BCUT2D eigenvalue weighted by molar-refractivity contribution is 7.16. The van der Waals surface area contributed by atoms with E-state index in [1.165, 1.54) is 10.4 Å². The molecule has 0 spiro atoms. The highest BCUT2D eigenvalue weighted by atomic mass is 35.5. The number of pyridine rings is 1. The van der Waals surface area contributed by atoms with Crippen molar-refractivity contribution in [1.82, 2.24) is 10.3 Å². The van der Waals surface area contributed by atoms with Crippen molar-refractivity contribution < 1.29 is 0 Å². The first-order valence-electron chi connectivity index (χ1n) is 5.53. The van der Waals surface area contributed by atoms with Crippen molar-refractivity contribution in [3.05, 3.63) is 50.9 Å². The fourth-order valence-electron chi connectivity index (χ4n) is 1.86. The number of halogens is 1. The van der Waals surface area contributed by atoms with Gasteiger partial charge in [-0.05, 0) is 37.7 Å². The van der Waals surface area contributed by atoms with Gasteiger partial charge in [0.15, 0.2) is 0 Å². The Kier molecular flexibility index (Phi) is 4.15. The molecule has 90 valence electrons. The molecule has 2 rings (SSSR count). The fourth-order valence-corrected chi connectivity index (χ4v) is 2.99. The summed E-state index contributed by atoms with van der Waals surface area (Å²) in [6.07, 6.45) is 2.76. The van der Waals surface area contributed by atoms with Crippen molar-refractivity contribution in [2.24, 2.45) is 0 Å². The molecule has 0 aliphatic rings. The van der Waals surface area contributed by atoms with Crippen LogP contribution in [-0.4, -0.2) is 12.0 Å². The summed E-state index contributed by atoms with van der Waals surface area (Å²) in [5, 5.41) is 3.32. The first-order chi connectivity index (χ1) is 8.20. The summed E-state index contributed by atoms with van der Waals surface area (Å²) in [6, 6.07) is 8.32. The Labute approximate surface area is 111 Å². The van der Waals surface area contributed by atoms with Crippen molar-refractivity contribution in [1.29, 1.82) is 0 Å². The SMILES string of the molecule is CNC(Cc1ccc(Cl)s1)c1ncccc1C. The van der Waals surface area contributed by atoms with Gasteiger partial charge in [-0.1, -0.05) is 17.7 Å². The highest BCUT2D eigenvalue weighted by Gasteiger charge is 2.14. The van der Waals surface area contributed by atoms with Crippen LogP contribution < -0.4 is 5.32 Å². The molecule has 1 unspecified atom stereocenters. The molecule has 4 heteroatoms. The van der Waals surface area contributed by atoms with E-state index >= 15 is 0 Å². The minimum Gasteiger partial charge on any atom is -0.311 e. The van der Waals surface area contributed by atoms with Crippen molar-refractivity contribution in [2.45, 2.75) is 19.4 Å². The van der Waals surface area contributed by atoms with Crippen LogP contribution in [0.5, 0.6) is 0 Å². The zero-order valence-corrected chi connectivity index (χ0v) is 11.5. The number of aromatic nitrogens is 1. The molecule has 2 aromatic heterocycles. The molecule has 0 aliphatic carbocycles. The molecule has 0 aromatic carbocycles. The molecule has 0 bridgehead atoms. The molecule has 2 aromatic rings. The molecule has 0 amide bonds. The Balaban J connectivity index is 2.20. The summed E-state index contributed by atoms with van der Waals surface area (Å²) in [6.45, 7) is 2.09. The van der Waals surface area contributed by atoms with Crippen LogP contribution >= 0.6 is 22.9 Å². The molecule has 2 nitrogen and oxygen atoms in total. The maximum absolute atomic E-state index is 5.95. The van der Waals surface area contributed by atoms with Crippen molar-refractivity contribution in [3.63, 3.8) is 0 Å². The Morgan fingerprint density at radius 1 is 1.41 bits per heavy atom. The van der Waals surface area contributed by atoms with E-state index in [4.69, 9.17) is 11.6 Å². The number of nitrogens with one attached hydrogen (secondary N) is 1. The molecule has 0 fully saturated rings. The molecule has 0 radical (unpaired) electrons. The van der Waals surface area contributed by atoms with Crippen LogP contribution in [0.4, 0.5) is 0 Å². The summed E-state index contributed by atoms with van der Waals surface area (Å²) in [5.41, 5.74) is 2.33. The Bertz CT molecular complexity index is 496. The van der Waals surface area contributed by atoms with Gasteiger partial charge >= 0.3 is 0 Å². The van der Waals surface area contributed by atoms with E-state index in [9.17, 15) is 0 Å². The molecule has 0 saturated carbocycles. The number of likely N-dealkylation sites (N-methyl/N-ethyl adjacent to an activating group) is 1. The lowest BCUT2D eigenvalue weighted by atomic mass is 10.0. The topological polar surface area (TPSA) is 24.9 Å². The molecule has 0 aliphatic heterocycles. The maximum Gasteiger partial charge on any atom is 0.0931 e. The Morgan fingerprint density at radius 2 is 2.24 bits per heavy atom. The van der Waals surface area contributed by atoms with E-state index in [0.717, 1.165) is 16.5 Å². The number of aryl methyl sites for hydroxylation is 1. The molecule has 1 N–H and O–H groups in total. The zero-order valence-electron chi connectivity index (χ0n) is 9.90. The van der Waals surface area contributed by atoms with Crippen molar-refractivity contribution >= 4 is 22.9 Å². The van der Waals surface area contributed by atoms with Crippen LogP contribution in [0.1, 0.15) is 22.2 Å². The van der Waals surface area contributed by atoms with E-state index in [0.29, 0.717) is 0 Å². The Morgan fingerprint density at radius 3 is 2.82 bits per heavy atom. The van der Waals surface area contributed by atoms with Gasteiger partial charge in [0.1, 0.15) is 0 Å². The minimum atomic E-state index is 0.242. The summed E-state index contributed by atoms with van der Waals surface area (Å²) < 4.78 is 0.840. The third-order valence-corrected chi connectivity index (χ3v) is 4.02. The maximum atomic E-state index is 5.95. The minimum absolute atomic E-state index is 0.242. The van der Waals surface area contributed by atoms with E-state index in [1.807, 2.05) is 25.4 Å². The van der Waals surface area contributed by atoms with Crippen LogP contribution in [0.25, 0.3) is 0 Å². The van der Waals surface area contributed by atoms with Gasteiger partial charge in [-0.15, -0.1) is 11.3 Å². The van der Waals surface area contributed by atoms with Gasteiger partial charge in [-0.3, -0.25) is 4.98 Å². The third-order valence-electron chi connectivity index (χ3n) is 2.76. The predicted octanol–water partition coefficient (Wildman–Crippen LogP) is 3.61. The number of rotatable bonds is 4. The van der Waals surface area contributed by atoms with Gasteiger partial charge < -0.3 is 5.32 Å². The van der Waals surface area contributed by atoms with E-state index in [2.05, 4.69) is 29.4 Å². The average Bonchev–Trinajstić information content (AvgIpc) is 2.73. The fraction of sp³-hybridized carbons (Fsp3) is 0.308. The monoisotopic (exact) mass is 266 g/mol. The second-order valence-corrected chi connectivity index (χ2v) is 5.76. The van der Waals surface area contributed by atoms with E-state index in [-0.39, 0.29) is 6.04 Å². The summed E-state index contributed by atoms with van der Waals surface area (Å²) in [7, 11) is 1.97. The zero-order chi connectivity index (χ0) is 12.3. The predicted molar refractivity (Wildman–Crippen MR) is 73.8 cm³/mol. The van der Waals surface area contributed by atoms with Gasteiger partial charge in [-0.2, -0.15) is 0 Å². The largest absolute Gasteiger partial charge is 0.311 e. The van der Waals surface area contributed by atoms with Crippen LogP contribution in [0.2, 0.25) is 4.34 Å². The lowest BCUT2D eigenvalue weighted by Crippen LogP contribution is -2.20. The Hall–Kier alpha value is -0.900. The van der Waals surface area contributed by atoms with Crippen LogP contribution in [0, 0.1) is 6.92 Å².